The highest BCUT2D eigenvalue weighted by Gasteiger charge is 2.65. The van der Waals surface area contributed by atoms with Crippen molar-refractivity contribution in [1.29, 1.82) is 5.26 Å². The van der Waals surface area contributed by atoms with Crippen molar-refractivity contribution in [3.05, 3.63) is 35.9 Å². The molecule has 1 aliphatic heterocycles. The van der Waals surface area contributed by atoms with E-state index in [1.54, 1.807) is 0 Å². The van der Waals surface area contributed by atoms with E-state index in [2.05, 4.69) is 6.07 Å². The molecule has 1 aromatic carbocycles. The van der Waals surface area contributed by atoms with Crippen molar-refractivity contribution in [1.82, 2.24) is 0 Å². The number of ether oxygens (including phenoxy) is 1. The van der Waals surface area contributed by atoms with Crippen LogP contribution in [0.4, 0.5) is 0 Å². The van der Waals surface area contributed by atoms with Gasteiger partial charge < -0.3 is 4.74 Å². The Kier molecular flexibility index (Phi) is 1.49. The van der Waals surface area contributed by atoms with Crippen molar-refractivity contribution in [3.8, 4) is 6.07 Å². The molecule has 66 valence electrons. The molecule has 0 radical (unpaired) electrons. The molecule has 0 amide bonds. The fourth-order valence-corrected chi connectivity index (χ4v) is 1.60. The molecule has 0 N–H and O–H groups in total. The average Bonchev–Trinajstić information content (AvgIpc) is 2.74. The van der Waals surface area contributed by atoms with Gasteiger partial charge in [0, 0.05) is 0 Å². The first kappa shape index (κ1) is 8.28. The largest absolute Gasteiger partial charge is 0.342 e. The van der Waals surface area contributed by atoms with Gasteiger partial charge in [0.25, 0.3) is 0 Å². The second kappa shape index (κ2) is 2.34. The van der Waals surface area contributed by atoms with E-state index in [1.165, 1.54) is 0 Å². The van der Waals surface area contributed by atoms with Crippen LogP contribution in [0.25, 0.3) is 0 Å². The third-order valence-corrected chi connectivity index (χ3v) is 2.81. The summed E-state index contributed by atoms with van der Waals surface area (Å²) in [6, 6.07) is 12.0. The Bertz CT molecular complexity index is 367. The average molecular weight is 173 g/mol. The molecule has 2 unspecified atom stereocenters. The predicted molar refractivity (Wildman–Crippen MR) is 48.9 cm³/mol. The lowest BCUT2D eigenvalue weighted by Gasteiger charge is -2.06. The first-order chi connectivity index (χ1) is 6.12. The zero-order valence-corrected chi connectivity index (χ0v) is 7.74. The smallest absolute Gasteiger partial charge is 0.185 e. The standard InChI is InChI=1S/C11H11NO/c1-10(8-12)11(2,13-10)9-6-4-3-5-7-9/h3-7H,1-2H3. The molecule has 2 heteroatoms. The summed E-state index contributed by atoms with van der Waals surface area (Å²) >= 11 is 0. The van der Waals surface area contributed by atoms with Crippen molar-refractivity contribution in [3.63, 3.8) is 0 Å². The maximum absolute atomic E-state index is 8.89. The number of nitriles is 1. The lowest BCUT2D eigenvalue weighted by molar-refractivity contribution is 0.300. The molecule has 2 rings (SSSR count). The van der Waals surface area contributed by atoms with Crippen LogP contribution in [0, 0.1) is 11.3 Å². The quantitative estimate of drug-likeness (QED) is 0.610. The van der Waals surface area contributed by atoms with Crippen LogP contribution in [0.3, 0.4) is 0 Å². The van der Waals surface area contributed by atoms with Gasteiger partial charge in [0.15, 0.2) is 5.60 Å². The molecule has 2 atom stereocenters. The van der Waals surface area contributed by atoms with Crippen LogP contribution >= 0.6 is 0 Å². The molecule has 1 saturated heterocycles. The highest BCUT2D eigenvalue weighted by molar-refractivity contribution is 5.36. The maximum atomic E-state index is 8.89. The third kappa shape index (κ3) is 0.976. The fraction of sp³-hybridized carbons (Fsp3) is 0.364. The molecule has 13 heavy (non-hydrogen) atoms. The lowest BCUT2D eigenvalue weighted by Crippen LogP contribution is -2.15. The summed E-state index contributed by atoms with van der Waals surface area (Å²) < 4.78 is 5.47. The van der Waals surface area contributed by atoms with Crippen LogP contribution in [0.5, 0.6) is 0 Å². The van der Waals surface area contributed by atoms with Gasteiger partial charge in [0.2, 0.25) is 0 Å². The summed E-state index contributed by atoms with van der Waals surface area (Å²) in [5.41, 5.74) is 0.0104. The number of hydrogen-bond donors (Lipinski definition) is 0. The Hall–Kier alpha value is -1.33. The summed E-state index contributed by atoms with van der Waals surface area (Å²) in [6.07, 6.45) is 0. The van der Waals surface area contributed by atoms with Gasteiger partial charge in [-0.2, -0.15) is 5.26 Å². The van der Waals surface area contributed by atoms with Crippen LogP contribution in [0.2, 0.25) is 0 Å². The maximum Gasteiger partial charge on any atom is 0.185 e. The molecule has 0 saturated carbocycles. The first-order valence-electron chi connectivity index (χ1n) is 4.29. The normalized spacial score (nSPS) is 36.7. The van der Waals surface area contributed by atoms with Gasteiger partial charge in [-0.1, -0.05) is 30.3 Å². The minimum atomic E-state index is -0.644. The molecule has 1 aromatic rings. The molecule has 1 aliphatic rings. The molecule has 0 bridgehead atoms. The van der Waals surface area contributed by atoms with Crippen LogP contribution in [0.15, 0.2) is 30.3 Å². The van der Waals surface area contributed by atoms with E-state index in [4.69, 9.17) is 10.00 Å². The van der Waals surface area contributed by atoms with Gasteiger partial charge in [-0.05, 0) is 19.4 Å². The van der Waals surface area contributed by atoms with Gasteiger partial charge in [0.1, 0.15) is 11.7 Å². The molecule has 0 aromatic heterocycles. The zero-order valence-electron chi connectivity index (χ0n) is 7.74. The molecular weight excluding hydrogens is 162 g/mol. The van der Waals surface area contributed by atoms with Gasteiger partial charge in [-0.3, -0.25) is 0 Å². The summed E-state index contributed by atoms with van der Waals surface area (Å²) in [4.78, 5) is 0. The first-order valence-corrected chi connectivity index (χ1v) is 4.29. The molecule has 0 spiro atoms. The molecular formula is C11H11NO. The summed E-state index contributed by atoms with van der Waals surface area (Å²) in [6.45, 7) is 3.77. The minimum Gasteiger partial charge on any atom is -0.342 e. The summed E-state index contributed by atoms with van der Waals surface area (Å²) in [5, 5.41) is 8.89. The van der Waals surface area contributed by atoms with E-state index in [9.17, 15) is 0 Å². The van der Waals surface area contributed by atoms with Crippen LogP contribution < -0.4 is 0 Å². The van der Waals surface area contributed by atoms with E-state index in [0.29, 0.717) is 0 Å². The third-order valence-electron chi connectivity index (χ3n) is 2.81. The number of nitrogens with zero attached hydrogens (tertiary/aromatic N) is 1. The molecule has 1 fully saturated rings. The summed E-state index contributed by atoms with van der Waals surface area (Å²) in [7, 11) is 0. The van der Waals surface area contributed by atoms with Crippen LogP contribution in [-0.2, 0) is 10.3 Å². The topological polar surface area (TPSA) is 36.3 Å². The Labute approximate surface area is 77.8 Å². The Morgan fingerprint density at radius 1 is 1.23 bits per heavy atom. The fourth-order valence-electron chi connectivity index (χ4n) is 1.60. The molecule has 0 aliphatic carbocycles. The second-order valence-corrected chi connectivity index (χ2v) is 3.65. The molecule has 1 heterocycles. The van der Waals surface area contributed by atoms with Gasteiger partial charge >= 0.3 is 0 Å². The minimum absolute atomic E-state index is 0.414. The highest BCUT2D eigenvalue weighted by atomic mass is 16.6. The van der Waals surface area contributed by atoms with Crippen molar-refractivity contribution < 1.29 is 4.74 Å². The zero-order chi connectivity index (χ0) is 9.53. The number of epoxide rings is 1. The highest BCUT2D eigenvalue weighted by Crippen LogP contribution is 2.54. The lowest BCUT2D eigenvalue weighted by atomic mass is 9.90. The Morgan fingerprint density at radius 3 is 2.31 bits per heavy atom. The van der Waals surface area contributed by atoms with Crippen molar-refractivity contribution in [2.24, 2.45) is 0 Å². The van der Waals surface area contributed by atoms with E-state index < -0.39 is 11.2 Å². The Morgan fingerprint density at radius 2 is 1.85 bits per heavy atom. The van der Waals surface area contributed by atoms with Crippen molar-refractivity contribution in [2.45, 2.75) is 25.0 Å². The van der Waals surface area contributed by atoms with Gasteiger partial charge in [0.05, 0.1) is 0 Å². The monoisotopic (exact) mass is 173 g/mol. The SMILES string of the molecule is CC1(C#N)OC1(C)c1ccccc1. The predicted octanol–water partition coefficient (Wildman–Crippen LogP) is 2.21. The summed E-state index contributed by atoms with van der Waals surface area (Å²) in [5.74, 6) is 0. The van der Waals surface area contributed by atoms with Crippen molar-refractivity contribution in [2.75, 3.05) is 0 Å². The van der Waals surface area contributed by atoms with Crippen LogP contribution in [0.1, 0.15) is 19.4 Å². The number of benzene rings is 1. The van der Waals surface area contributed by atoms with E-state index in [0.717, 1.165) is 5.56 Å². The van der Waals surface area contributed by atoms with E-state index in [-0.39, 0.29) is 0 Å². The Balaban J connectivity index is 2.37. The number of hydrogen-bond acceptors (Lipinski definition) is 2. The van der Waals surface area contributed by atoms with Crippen LogP contribution in [-0.4, -0.2) is 5.60 Å². The van der Waals surface area contributed by atoms with E-state index in [1.807, 2.05) is 44.2 Å². The van der Waals surface area contributed by atoms with Gasteiger partial charge in [-0.15, -0.1) is 0 Å². The van der Waals surface area contributed by atoms with Crippen molar-refractivity contribution >= 4 is 0 Å². The van der Waals surface area contributed by atoms with E-state index >= 15 is 0 Å². The van der Waals surface area contributed by atoms with Gasteiger partial charge in [-0.25, -0.2) is 0 Å². The second-order valence-electron chi connectivity index (χ2n) is 3.65. The number of rotatable bonds is 1. The molecule has 2 nitrogen and oxygen atoms in total.